The summed E-state index contributed by atoms with van der Waals surface area (Å²) in [6, 6.07) is 0. The lowest BCUT2D eigenvalue weighted by Crippen LogP contribution is -1.98. The highest BCUT2D eigenvalue weighted by Gasteiger charge is 2.48. The Bertz CT molecular complexity index is 1400. The SMILES string of the molecule is O=[N+]([O-])c1c(Br)sc(-c2sc(-c3sc(Br)c([N+](=O)[O-])c3[N+](=O)[O-])c([N+](=O)[O-])c2[N+](=O)[O-])c1[N+](=O)[O-]. The molecule has 3 aromatic heterocycles. The molecule has 0 saturated carbocycles. The first-order chi connectivity index (χ1) is 16.2. The predicted octanol–water partition coefficient (Wildman–Crippen LogP) is 6.18. The van der Waals surface area contributed by atoms with Gasteiger partial charge in [0.1, 0.15) is 19.5 Å². The van der Waals surface area contributed by atoms with Crippen LogP contribution in [0.15, 0.2) is 7.57 Å². The van der Waals surface area contributed by atoms with Crippen molar-refractivity contribution in [3.05, 3.63) is 68.3 Å². The van der Waals surface area contributed by atoms with E-state index in [1.807, 2.05) is 0 Å². The topological polar surface area (TPSA) is 259 Å². The quantitative estimate of drug-likeness (QED) is 0.191. The molecule has 3 aromatic rings. The molecule has 0 amide bonds. The minimum Gasteiger partial charge on any atom is -0.258 e. The molecule has 0 atom stereocenters. The summed E-state index contributed by atoms with van der Waals surface area (Å²) in [4.78, 5) is 59.3. The van der Waals surface area contributed by atoms with Gasteiger partial charge in [0.25, 0.3) is 0 Å². The molecule has 0 aromatic carbocycles. The molecule has 0 saturated heterocycles. The van der Waals surface area contributed by atoms with Gasteiger partial charge in [-0.1, -0.05) is 0 Å². The first-order valence-corrected chi connectivity index (χ1v) is 11.9. The summed E-state index contributed by atoms with van der Waals surface area (Å²) in [5.41, 5.74) is -7.20. The minimum absolute atomic E-state index is 0.121. The van der Waals surface area contributed by atoms with E-state index in [-0.39, 0.29) is 11.3 Å². The Kier molecular flexibility index (Phi) is 6.89. The third-order valence-corrected chi connectivity index (χ3v) is 9.13. The molecule has 0 radical (unpaired) electrons. The third-order valence-electron chi connectivity index (χ3n) is 4.00. The molecular weight excluding hydrogens is 676 g/mol. The number of nitrogens with zero attached hydrogens (tertiary/aromatic N) is 6. The zero-order valence-electron chi connectivity index (χ0n) is 15.6. The lowest BCUT2D eigenvalue weighted by Gasteiger charge is -1.94. The Morgan fingerprint density at radius 3 is 0.829 bits per heavy atom. The van der Waals surface area contributed by atoms with Gasteiger partial charge in [0.2, 0.25) is 0 Å². The molecule has 0 spiro atoms. The Morgan fingerprint density at radius 2 is 0.600 bits per heavy atom. The van der Waals surface area contributed by atoms with E-state index in [4.69, 9.17) is 0 Å². The van der Waals surface area contributed by atoms with Crippen molar-refractivity contribution in [3.8, 4) is 19.5 Å². The Balaban J connectivity index is 2.55. The van der Waals surface area contributed by atoms with Crippen molar-refractivity contribution in [2.24, 2.45) is 0 Å². The van der Waals surface area contributed by atoms with Crippen LogP contribution in [0.2, 0.25) is 0 Å². The highest BCUT2D eigenvalue weighted by molar-refractivity contribution is 9.11. The first-order valence-electron chi connectivity index (χ1n) is 7.89. The van der Waals surface area contributed by atoms with Crippen LogP contribution in [0.4, 0.5) is 34.1 Å². The molecule has 0 N–H and O–H groups in total. The standard InChI is InChI=1S/C12Br2N6O12S3/c13-11-5(19(29)30)3(17(25)26)9(34-11)7-1(15(21)22)2(16(23)24)8(33-7)10-4(18(27)28)6(20(31)32)12(14)35-10. The van der Waals surface area contributed by atoms with Gasteiger partial charge < -0.3 is 0 Å². The zero-order chi connectivity index (χ0) is 26.5. The monoisotopic (exact) mass is 674 g/mol. The van der Waals surface area contributed by atoms with Crippen LogP contribution in [0, 0.1) is 60.7 Å². The summed E-state index contributed by atoms with van der Waals surface area (Å²) in [6.45, 7) is 0. The summed E-state index contributed by atoms with van der Waals surface area (Å²) >= 11 is 6.25. The molecule has 3 heterocycles. The summed E-state index contributed by atoms with van der Waals surface area (Å²) in [7, 11) is 0. The molecule has 3 rings (SSSR count). The number of halogens is 2. The van der Waals surface area contributed by atoms with Crippen molar-refractivity contribution in [1.82, 2.24) is 0 Å². The van der Waals surface area contributed by atoms with Crippen molar-refractivity contribution >= 4 is 100.0 Å². The van der Waals surface area contributed by atoms with Gasteiger partial charge in [-0.15, -0.1) is 34.0 Å². The average molecular weight is 676 g/mol. The summed E-state index contributed by atoms with van der Waals surface area (Å²) in [5.74, 6) is 0. The normalized spacial score (nSPS) is 10.8. The molecule has 23 heteroatoms. The summed E-state index contributed by atoms with van der Waals surface area (Å²) in [5, 5.41) is 69.5. The van der Waals surface area contributed by atoms with E-state index in [0.29, 0.717) is 22.7 Å². The summed E-state index contributed by atoms with van der Waals surface area (Å²) in [6.07, 6.45) is 0. The average Bonchev–Trinajstić information content (AvgIpc) is 3.37. The zero-order valence-corrected chi connectivity index (χ0v) is 21.2. The van der Waals surface area contributed by atoms with Crippen LogP contribution >= 0.6 is 65.9 Å². The molecule has 35 heavy (non-hydrogen) atoms. The lowest BCUT2D eigenvalue weighted by atomic mass is 10.2. The number of hydrogen-bond acceptors (Lipinski definition) is 15. The van der Waals surface area contributed by atoms with Gasteiger partial charge in [0.05, 0.1) is 29.5 Å². The van der Waals surface area contributed by atoms with E-state index in [0.717, 1.165) is 0 Å². The van der Waals surface area contributed by atoms with Crippen molar-refractivity contribution < 1.29 is 29.5 Å². The van der Waals surface area contributed by atoms with Crippen LogP contribution < -0.4 is 0 Å². The van der Waals surface area contributed by atoms with Gasteiger partial charge in [-0.25, -0.2) is 0 Å². The maximum absolute atomic E-state index is 11.8. The van der Waals surface area contributed by atoms with Gasteiger partial charge >= 0.3 is 34.1 Å². The van der Waals surface area contributed by atoms with E-state index >= 15 is 0 Å². The highest BCUT2D eigenvalue weighted by Crippen LogP contribution is 2.61. The fourth-order valence-electron chi connectivity index (χ4n) is 2.80. The second-order valence-corrected chi connectivity index (χ2v) is 11.5. The molecule has 0 fully saturated rings. The van der Waals surface area contributed by atoms with E-state index < -0.39 is 90.7 Å². The fraction of sp³-hybridized carbons (Fsp3) is 0. The Morgan fingerprint density at radius 1 is 0.400 bits per heavy atom. The molecule has 0 unspecified atom stereocenters. The molecule has 182 valence electrons. The van der Waals surface area contributed by atoms with Gasteiger partial charge in [-0.05, 0) is 31.9 Å². The molecule has 0 aliphatic heterocycles. The van der Waals surface area contributed by atoms with Crippen molar-refractivity contribution in [2.75, 3.05) is 0 Å². The van der Waals surface area contributed by atoms with Gasteiger partial charge in [-0.2, -0.15) is 0 Å². The largest absolute Gasteiger partial charge is 0.371 e. The maximum Gasteiger partial charge on any atom is 0.371 e. The Hall–Kier alpha value is -3.54. The second-order valence-electron chi connectivity index (χ2n) is 5.80. The van der Waals surface area contributed by atoms with Crippen LogP contribution in [0.5, 0.6) is 0 Å². The van der Waals surface area contributed by atoms with Crippen LogP contribution in [0.1, 0.15) is 0 Å². The van der Waals surface area contributed by atoms with Crippen LogP contribution in [0.25, 0.3) is 19.5 Å². The van der Waals surface area contributed by atoms with Crippen molar-refractivity contribution in [2.45, 2.75) is 0 Å². The molecule has 0 bridgehead atoms. The number of nitro groups is 6. The van der Waals surface area contributed by atoms with Crippen LogP contribution in [0.3, 0.4) is 0 Å². The molecule has 18 nitrogen and oxygen atoms in total. The predicted molar refractivity (Wildman–Crippen MR) is 126 cm³/mol. The van der Waals surface area contributed by atoms with Crippen LogP contribution in [-0.2, 0) is 0 Å². The summed E-state index contributed by atoms with van der Waals surface area (Å²) < 4.78 is -0.840. The van der Waals surface area contributed by atoms with E-state index in [9.17, 15) is 60.7 Å². The minimum atomic E-state index is -1.33. The second kappa shape index (κ2) is 9.25. The van der Waals surface area contributed by atoms with Gasteiger partial charge in [0, 0.05) is 0 Å². The smallest absolute Gasteiger partial charge is 0.258 e. The third kappa shape index (κ3) is 4.22. The van der Waals surface area contributed by atoms with Crippen molar-refractivity contribution in [1.29, 1.82) is 0 Å². The number of thiophene rings is 3. The van der Waals surface area contributed by atoms with Gasteiger partial charge in [0.15, 0.2) is 7.57 Å². The van der Waals surface area contributed by atoms with E-state index in [1.165, 1.54) is 0 Å². The van der Waals surface area contributed by atoms with E-state index in [1.54, 1.807) is 0 Å². The maximum atomic E-state index is 11.8. The van der Waals surface area contributed by atoms with Crippen LogP contribution in [-0.4, -0.2) is 29.5 Å². The molecular formula is C12Br2N6O12S3. The number of hydrogen-bond donors (Lipinski definition) is 0. The number of rotatable bonds is 8. The van der Waals surface area contributed by atoms with Crippen molar-refractivity contribution in [3.63, 3.8) is 0 Å². The highest BCUT2D eigenvalue weighted by atomic mass is 79.9. The fourth-order valence-corrected chi connectivity index (χ4v) is 7.86. The van der Waals surface area contributed by atoms with E-state index in [2.05, 4.69) is 31.9 Å². The van der Waals surface area contributed by atoms with Gasteiger partial charge in [-0.3, -0.25) is 60.7 Å². The lowest BCUT2D eigenvalue weighted by molar-refractivity contribution is -0.423. The Labute approximate surface area is 216 Å². The first kappa shape index (κ1) is 26.1. The molecule has 0 aliphatic rings. The molecule has 0 aliphatic carbocycles.